The van der Waals surface area contributed by atoms with Gasteiger partial charge in [-0.2, -0.15) is 0 Å². The molecule has 1 aliphatic rings. The number of rotatable bonds is 5. The number of methoxy groups -OCH3 is 1. The van der Waals surface area contributed by atoms with Crippen LogP contribution in [0.4, 0.5) is 10.5 Å². The van der Waals surface area contributed by atoms with Gasteiger partial charge in [0.2, 0.25) is 0 Å². The zero-order chi connectivity index (χ0) is 15.4. The molecule has 2 atom stereocenters. The van der Waals surface area contributed by atoms with Crippen molar-refractivity contribution in [1.29, 1.82) is 0 Å². The van der Waals surface area contributed by atoms with E-state index in [4.69, 9.17) is 4.74 Å². The lowest BCUT2D eigenvalue weighted by atomic mass is 10.1. The van der Waals surface area contributed by atoms with E-state index in [2.05, 4.69) is 22.8 Å². The number of amides is 2. The van der Waals surface area contributed by atoms with Crippen LogP contribution >= 0.6 is 0 Å². The number of benzene rings is 2. The van der Waals surface area contributed by atoms with Crippen molar-refractivity contribution in [2.45, 2.75) is 25.0 Å². The second kappa shape index (κ2) is 6.62. The molecule has 0 aromatic heterocycles. The van der Waals surface area contributed by atoms with Crippen molar-refractivity contribution in [2.24, 2.45) is 0 Å². The first-order valence-corrected chi connectivity index (χ1v) is 7.46. The predicted octanol–water partition coefficient (Wildman–Crippen LogP) is 3.51. The van der Waals surface area contributed by atoms with Crippen molar-refractivity contribution in [3.8, 4) is 0 Å². The summed E-state index contributed by atoms with van der Waals surface area (Å²) in [6.07, 6.45) is 1.00. The average molecular weight is 296 g/mol. The van der Waals surface area contributed by atoms with E-state index in [9.17, 15) is 4.79 Å². The summed E-state index contributed by atoms with van der Waals surface area (Å²) in [5.74, 6) is 0.437. The molecule has 0 spiro atoms. The molecule has 4 heteroatoms. The van der Waals surface area contributed by atoms with Crippen LogP contribution in [0.25, 0.3) is 0 Å². The fourth-order valence-corrected chi connectivity index (χ4v) is 2.66. The smallest absolute Gasteiger partial charge is 0.319 e. The summed E-state index contributed by atoms with van der Waals surface area (Å²) in [7, 11) is 1.66. The van der Waals surface area contributed by atoms with E-state index < -0.39 is 0 Å². The van der Waals surface area contributed by atoms with Crippen LogP contribution in [-0.4, -0.2) is 19.2 Å². The summed E-state index contributed by atoms with van der Waals surface area (Å²) in [5, 5.41) is 5.90. The first-order chi connectivity index (χ1) is 10.8. The van der Waals surface area contributed by atoms with Crippen LogP contribution in [0, 0.1) is 0 Å². The zero-order valence-electron chi connectivity index (χ0n) is 12.6. The largest absolute Gasteiger partial charge is 0.380 e. The Hall–Kier alpha value is -2.33. The number of anilines is 1. The Kier molecular flexibility index (Phi) is 4.39. The van der Waals surface area contributed by atoms with Crippen molar-refractivity contribution in [3.63, 3.8) is 0 Å². The highest BCUT2D eigenvalue weighted by Gasteiger charge is 2.39. The molecule has 0 aliphatic heterocycles. The lowest BCUT2D eigenvalue weighted by Crippen LogP contribution is -2.31. The van der Waals surface area contributed by atoms with Crippen molar-refractivity contribution in [2.75, 3.05) is 12.4 Å². The average Bonchev–Trinajstić information content (AvgIpc) is 3.28. The van der Waals surface area contributed by atoms with Gasteiger partial charge in [-0.05, 0) is 29.7 Å². The number of carbonyl (C=O) groups is 1. The third-order valence-corrected chi connectivity index (χ3v) is 3.83. The van der Waals surface area contributed by atoms with Gasteiger partial charge in [0.15, 0.2) is 0 Å². The Labute approximate surface area is 130 Å². The SMILES string of the molecule is COCc1cccc(NC(=O)NC2CC2c2ccccc2)c1. The van der Waals surface area contributed by atoms with E-state index in [1.54, 1.807) is 7.11 Å². The van der Waals surface area contributed by atoms with Crippen molar-refractivity contribution in [3.05, 3.63) is 65.7 Å². The van der Waals surface area contributed by atoms with E-state index in [1.807, 2.05) is 42.5 Å². The highest BCUT2D eigenvalue weighted by molar-refractivity contribution is 5.89. The van der Waals surface area contributed by atoms with Crippen molar-refractivity contribution >= 4 is 11.7 Å². The number of ether oxygens (including phenoxy) is 1. The van der Waals surface area contributed by atoms with Crippen LogP contribution in [0.15, 0.2) is 54.6 Å². The molecular weight excluding hydrogens is 276 g/mol. The van der Waals surface area contributed by atoms with E-state index in [-0.39, 0.29) is 12.1 Å². The van der Waals surface area contributed by atoms with Crippen LogP contribution < -0.4 is 10.6 Å². The first-order valence-electron chi connectivity index (χ1n) is 7.46. The second-order valence-electron chi connectivity index (χ2n) is 5.59. The molecule has 2 aromatic rings. The quantitative estimate of drug-likeness (QED) is 0.887. The molecule has 0 saturated heterocycles. The zero-order valence-corrected chi connectivity index (χ0v) is 12.6. The second-order valence-corrected chi connectivity index (χ2v) is 5.59. The maximum atomic E-state index is 12.1. The number of urea groups is 1. The highest BCUT2D eigenvalue weighted by atomic mass is 16.5. The summed E-state index contributed by atoms with van der Waals surface area (Å²) < 4.78 is 5.10. The normalized spacial score (nSPS) is 19.5. The van der Waals surface area contributed by atoms with E-state index >= 15 is 0 Å². The van der Waals surface area contributed by atoms with Gasteiger partial charge in [0.05, 0.1) is 6.61 Å². The van der Waals surface area contributed by atoms with Gasteiger partial charge in [0.25, 0.3) is 0 Å². The minimum absolute atomic E-state index is 0.155. The fraction of sp³-hybridized carbons (Fsp3) is 0.278. The molecule has 1 saturated carbocycles. The van der Waals surface area contributed by atoms with Crippen LogP contribution in [0.3, 0.4) is 0 Å². The van der Waals surface area contributed by atoms with Gasteiger partial charge in [-0.1, -0.05) is 42.5 Å². The molecule has 2 amide bonds. The molecule has 1 aliphatic carbocycles. The third-order valence-electron chi connectivity index (χ3n) is 3.83. The van der Waals surface area contributed by atoms with Gasteiger partial charge in [0.1, 0.15) is 0 Å². The molecule has 0 bridgehead atoms. The Balaban J connectivity index is 1.52. The Morgan fingerprint density at radius 1 is 1.18 bits per heavy atom. The summed E-state index contributed by atoms with van der Waals surface area (Å²) in [5.41, 5.74) is 3.10. The standard InChI is InChI=1S/C18H20N2O2/c1-22-12-13-6-5-9-15(10-13)19-18(21)20-17-11-16(17)14-7-3-2-4-8-14/h2-10,16-17H,11-12H2,1H3,(H2,19,20,21). The van der Waals surface area contributed by atoms with Gasteiger partial charge in [-0.15, -0.1) is 0 Å². The predicted molar refractivity (Wildman–Crippen MR) is 86.9 cm³/mol. The van der Waals surface area contributed by atoms with Crippen LogP contribution in [-0.2, 0) is 11.3 Å². The molecule has 22 heavy (non-hydrogen) atoms. The molecular formula is C18H20N2O2. The number of carbonyl (C=O) groups excluding carboxylic acids is 1. The Morgan fingerprint density at radius 3 is 2.77 bits per heavy atom. The van der Waals surface area contributed by atoms with Gasteiger partial charge >= 0.3 is 6.03 Å². The molecule has 2 N–H and O–H groups in total. The first kappa shape index (κ1) is 14.6. The number of hydrogen-bond donors (Lipinski definition) is 2. The van der Waals surface area contributed by atoms with Crippen LogP contribution in [0.1, 0.15) is 23.5 Å². The van der Waals surface area contributed by atoms with Gasteiger partial charge in [0, 0.05) is 24.8 Å². The molecule has 0 radical (unpaired) electrons. The van der Waals surface area contributed by atoms with E-state index in [0.717, 1.165) is 17.7 Å². The maximum absolute atomic E-state index is 12.1. The molecule has 1 fully saturated rings. The molecule has 3 rings (SSSR count). The summed E-state index contributed by atoms with van der Waals surface area (Å²) in [6.45, 7) is 0.538. The topological polar surface area (TPSA) is 50.4 Å². The molecule has 2 aromatic carbocycles. The molecule has 2 unspecified atom stereocenters. The van der Waals surface area contributed by atoms with Crippen molar-refractivity contribution < 1.29 is 9.53 Å². The number of nitrogens with one attached hydrogen (secondary N) is 2. The Morgan fingerprint density at radius 2 is 2.00 bits per heavy atom. The van der Waals surface area contributed by atoms with Crippen LogP contribution in [0.5, 0.6) is 0 Å². The lowest BCUT2D eigenvalue weighted by Gasteiger charge is -2.09. The van der Waals surface area contributed by atoms with Gasteiger partial charge < -0.3 is 15.4 Å². The molecule has 4 nitrogen and oxygen atoms in total. The van der Waals surface area contributed by atoms with Crippen LogP contribution in [0.2, 0.25) is 0 Å². The summed E-state index contributed by atoms with van der Waals surface area (Å²) >= 11 is 0. The minimum Gasteiger partial charge on any atom is -0.380 e. The lowest BCUT2D eigenvalue weighted by molar-refractivity contribution is 0.185. The summed E-state index contributed by atoms with van der Waals surface area (Å²) in [4.78, 5) is 12.1. The van der Waals surface area contributed by atoms with Gasteiger partial charge in [-0.3, -0.25) is 0 Å². The fourth-order valence-electron chi connectivity index (χ4n) is 2.66. The number of hydrogen-bond acceptors (Lipinski definition) is 2. The van der Waals surface area contributed by atoms with Gasteiger partial charge in [-0.25, -0.2) is 4.79 Å². The highest BCUT2D eigenvalue weighted by Crippen LogP contribution is 2.40. The maximum Gasteiger partial charge on any atom is 0.319 e. The third kappa shape index (κ3) is 3.65. The monoisotopic (exact) mass is 296 g/mol. The minimum atomic E-state index is -0.155. The van der Waals surface area contributed by atoms with E-state index in [1.165, 1.54) is 5.56 Å². The van der Waals surface area contributed by atoms with Crippen molar-refractivity contribution in [1.82, 2.24) is 5.32 Å². The Bertz CT molecular complexity index is 643. The van der Waals surface area contributed by atoms with E-state index in [0.29, 0.717) is 12.5 Å². The molecule has 0 heterocycles. The summed E-state index contributed by atoms with van der Waals surface area (Å²) in [6, 6.07) is 18.0. The molecule has 114 valence electrons.